The van der Waals surface area contributed by atoms with E-state index in [1.165, 1.54) is 0 Å². The van der Waals surface area contributed by atoms with E-state index in [9.17, 15) is 5.11 Å². The summed E-state index contributed by atoms with van der Waals surface area (Å²) in [6, 6.07) is 0. The molecular weight excluding hydrogens is 430 g/mol. The molecule has 5 nitrogen and oxygen atoms in total. The first-order valence-electron chi connectivity index (χ1n) is 4.50. The normalized spacial score (nSPS) is 12.0. The molecule has 0 aromatic carbocycles. The van der Waals surface area contributed by atoms with Gasteiger partial charge in [0.2, 0.25) is 0 Å². The standard InChI is InChI=1S/C8H16I2O5/c9-8(10,12)7-15-6-5-14-4-3-13-2-1-11/h11-12H,1-7H2. The summed E-state index contributed by atoms with van der Waals surface area (Å²) < 4.78 is 14.5. The first-order chi connectivity index (χ1) is 7.06. The van der Waals surface area contributed by atoms with Gasteiger partial charge in [0, 0.05) is 0 Å². The molecule has 0 aromatic heterocycles. The van der Waals surface area contributed by atoms with E-state index in [-0.39, 0.29) is 13.2 Å². The zero-order valence-corrected chi connectivity index (χ0v) is 12.6. The van der Waals surface area contributed by atoms with Crippen LogP contribution in [0.5, 0.6) is 0 Å². The fourth-order valence-corrected chi connectivity index (χ4v) is 1.14. The maximum atomic E-state index is 9.28. The number of hydrogen-bond acceptors (Lipinski definition) is 5. The van der Waals surface area contributed by atoms with Crippen LogP contribution < -0.4 is 0 Å². The van der Waals surface area contributed by atoms with Gasteiger partial charge in [0.05, 0.1) is 46.2 Å². The van der Waals surface area contributed by atoms with Crippen molar-refractivity contribution in [1.29, 1.82) is 0 Å². The zero-order chi connectivity index (χ0) is 11.6. The Balaban J connectivity index is 2.99. The minimum Gasteiger partial charge on any atom is -0.394 e. The third kappa shape index (κ3) is 15.3. The maximum Gasteiger partial charge on any atom is 0.190 e. The van der Waals surface area contributed by atoms with Crippen molar-refractivity contribution in [1.82, 2.24) is 0 Å². The molecule has 0 unspecified atom stereocenters. The van der Waals surface area contributed by atoms with Crippen LogP contribution in [0.4, 0.5) is 0 Å². The SMILES string of the molecule is OCCOCCOCCOCC(O)(I)I. The van der Waals surface area contributed by atoms with E-state index in [4.69, 9.17) is 19.3 Å². The molecule has 0 atom stereocenters. The van der Waals surface area contributed by atoms with Crippen LogP contribution >= 0.6 is 45.2 Å². The summed E-state index contributed by atoms with van der Waals surface area (Å²) >= 11 is 3.79. The highest BCUT2D eigenvalue weighted by molar-refractivity contribution is 14.2. The molecule has 0 aliphatic carbocycles. The molecule has 0 radical (unpaired) electrons. The summed E-state index contributed by atoms with van der Waals surface area (Å²) in [5.41, 5.74) is 0. The summed E-state index contributed by atoms with van der Waals surface area (Å²) in [6.45, 7) is 2.55. The molecule has 0 saturated carbocycles. The van der Waals surface area contributed by atoms with Crippen LogP contribution in [0.25, 0.3) is 0 Å². The van der Waals surface area contributed by atoms with Crippen molar-refractivity contribution in [3.05, 3.63) is 0 Å². The van der Waals surface area contributed by atoms with Gasteiger partial charge in [0.15, 0.2) is 1.61 Å². The molecule has 7 heteroatoms. The highest BCUT2D eigenvalue weighted by Gasteiger charge is 2.16. The Morgan fingerprint density at radius 3 is 1.80 bits per heavy atom. The molecule has 0 rings (SSSR count). The predicted octanol–water partition coefficient (Wildman–Crippen LogP) is 0.545. The molecule has 0 aromatic rings. The third-order valence-corrected chi connectivity index (χ3v) is 1.88. The second kappa shape index (κ2) is 10.4. The van der Waals surface area contributed by atoms with Crippen LogP contribution in [0.2, 0.25) is 0 Å². The summed E-state index contributed by atoms with van der Waals surface area (Å²) in [5.74, 6) is 0. The summed E-state index contributed by atoms with van der Waals surface area (Å²) in [6.07, 6.45) is 0. The molecule has 0 spiro atoms. The number of aliphatic hydroxyl groups excluding tert-OH is 1. The van der Waals surface area contributed by atoms with E-state index in [1.807, 2.05) is 45.2 Å². The monoisotopic (exact) mass is 446 g/mol. The van der Waals surface area contributed by atoms with Crippen LogP contribution in [0.1, 0.15) is 0 Å². The topological polar surface area (TPSA) is 68.2 Å². The Hall–Kier alpha value is 1.26. The molecule has 0 fully saturated rings. The molecule has 0 bridgehead atoms. The van der Waals surface area contributed by atoms with Crippen LogP contribution in [-0.2, 0) is 14.2 Å². The van der Waals surface area contributed by atoms with Crippen LogP contribution in [0.15, 0.2) is 0 Å². The van der Waals surface area contributed by atoms with Crippen LogP contribution in [-0.4, -0.2) is 58.1 Å². The Morgan fingerprint density at radius 2 is 1.33 bits per heavy atom. The van der Waals surface area contributed by atoms with Gasteiger partial charge in [-0.05, 0) is 45.2 Å². The molecule has 0 heterocycles. The first kappa shape index (κ1) is 16.3. The lowest BCUT2D eigenvalue weighted by molar-refractivity contribution is -0.000834. The number of alkyl halides is 2. The molecule has 0 aliphatic heterocycles. The van der Waals surface area contributed by atoms with Gasteiger partial charge in [-0.15, -0.1) is 0 Å². The lowest BCUT2D eigenvalue weighted by atomic mass is 10.7. The smallest absolute Gasteiger partial charge is 0.190 e. The fourth-order valence-electron chi connectivity index (χ4n) is 0.699. The van der Waals surface area contributed by atoms with Crippen molar-refractivity contribution < 1.29 is 24.4 Å². The van der Waals surface area contributed by atoms with Crippen molar-refractivity contribution in [3.63, 3.8) is 0 Å². The van der Waals surface area contributed by atoms with Gasteiger partial charge < -0.3 is 24.4 Å². The fraction of sp³-hybridized carbons (Fsp3) is 1.00. The van der Waals surface area contributed by atoms with Crippen molar-refractivity contribution in [3.8, 4) is 0 Å². The maximum absolute atomic E-state index is 9.28. The average molecular weight is 446 g/mol. The highest BCUT2D eigenvalue weighted by atomic mass is 127. The molecule has 2 N–H and O–H groups in total. The van der Waals surface area contributed by atoms with Crippen LogP contribution in [0.3, 0.4) is 0 Å². The lowest BCUT2D eigenvalue weighted by Gasteiger charge is -2.13. The minimum absolute atomic E-state index is 0.0347. The van der Waals surface area contributed by atoms with Gasteiger partial charge in [-0.25, -0.2) is 0 Å². The van der Waals surface area contributed by atoms with E-state index < -0.39 is 1.61 Å². The first-order valence-corrected chi connectivity index (χ1v) is 6.66. The number of halogens is 2. The van der Waals surface area contributed by atoms with E-state index in [2.05, 4.69) is 0 Å². The molecule has 15 heavy (non-hydrogen) atoms. The lowest BCUT2D eigenvalue weighted by Crippen LogP contribution is -2.20. The molecule has 0 saturated heterocycles. The summed E-state index contributed by atoms with van der Waals surface area (Å²) in [7, 11) is 0. The molecule has 0 amide bonds. The minimum atomic E-state index is -0.847. The van der Waals surface area contributed by atoms with Gasteiger partial charge in [-0.1, -0.05) is 0 Å². The van der Waals surface area contributed by atoms with E-state index in [1.54, 1.807) is 0 Å². The van der Waals surface area contributed by atoms with E-state index >= 15 is 0 Å². The number of aliphatic hydroxyl groups is 2. The molecule has 0 aliphatic rings. The number of hydrogen-bond donors (Lipinski definition) is 2. The Bertz CT molecular complexity index is 139. The Kier molecular flexibility index (Phi) is 11.3. The highest BCUT2D eigenvalue weighted by Crippen LogP contribution is 2.23. The zero-order valence-electron chi connectivity index (χ0n) is 8.32. The second-order valence-electron chi connectivity index (χ2n) is 2.67. The van der Waals surface area contributed by atoms with Crippen molar-refractivity contribution in [2.24, 2.45) is 0 Å². The van der Waals surface area contributed by atoms with Gasteiger partial charge >= 0.3 is 0 Å². The van der Waals surface area contributed by atoms with Crippen LogP contribution in [0, 0.1) is 0 Å². The Labute approximate surface area is 117 Å². The summed E-state index contributed by atoms with van der Waals surface area (Å²) in [5, 5.41) is 17.7. The quantitative estimate of drug-likeness (QED) is 0.292. The Morgan fingerprint density at radius 1 is 0.867 bits per heavy atom. The summed E-state index contributed by atoms with van der Waals surface area (Å²) in [4.78, 5) is 0. The molecule has 92 valence electrons. The van der Waals surface area contributed by atoms with E-state index in [0.29, 0.717) is 33.0 Å². The second-order valence-corrected chi connectivity index (χ2v) is 8.30. The molecular formula is C8H16I2O5. The van der Waals surface area contributed by atoms with Gasteiger partial charge in [0.1, 0.15) is 0 Å². The number of rotatable bonds is 10. The van der Waals surface area contributed by atoms with Gasteiger partial charge in [-0.3, -0.25) is 0 Å². The van der Waals surface area contributed by atoms with Crippen molar-refractivity contribution in [2.45, 2.75) is 1.61 Å². The predicted molar refractivity (Wildman–Crippen MR) is 72.5 cm³/mol. The van der Waals surface area contributed by atoms with Gasteiger partial charge in [0.25, 0.3) is 0 Å². The van der Waals surface area contributed by atoms with Crippen molar-refractivity contribution >= 4 is 45.2 Å². The van der Waals surface area contributed by atoms with Gasteiger partial charge in [-0.2, -0.15) is 0 Å². The van der Waals surface area contributed by atoms with Crippen molar-refractivity contribution in [2.75, 3.05) is 46.2 Å². The number of ether oxygens (including phenoxy) is 3. The van der Waals surface area contributed by atoms with E-state index in [0.717, 1.165) is 0 Å². The average Bonchev–Trinajstić information content (AvgIpc) is 2.14. The largest absolute Gasteiger partial charge is 0.394 e. The third-order valence-electron chi connectivity index (χ3n) is 1.26.